The molecule has 0 saturated heterocycles. The predicted molar refractivity (Wildman–Crippen MR) is 70.6 cm³/mol. The van der Waals surface area contributed by atoms with E-state index in [1.54, 1.807) is 19.1 Å². The van der Waals surface area contributed by atoms with Gasteiger partial charge in [-0.25, -0.2) is 8.78 Å². The first-order valence-corrected chi connectivity index (χ1v) is 6.08. The molecule has 2 rings (SSSR count). The van der Waals surface area contributed by atoms with E-state index < -0.39 is 11.6 Å². The van der Waals surface area contributed by atoms with Crippen LogP contribution in [-0.4, -0.2) is 5.78 Å². The number of carbonyl (C=O) groups is 1. The Labute approximate surface area is 114 Å². The zero-order valence-corrected chi connectivity index (χ0v) is 11.0. The van der Waals surface area contributed by atoms with Crippen LogP contribution in [-0.2, 0) is 6.42 Å². The molecule has 0 fully saturated rings. The smallest absolute Gasteiger partial charge is 0.167 e. The van der Waals surface area contributed by atoms with Crippen LogP contribution in [0.3, 0.4) is 0 Å². The van der Waals surface area contributed by atoms with Crippen molar-refractivity contribution in [3.63, 3.8) is 0 Å². The van der Waals surface area contributed by atoms with E-state index in [2.05, 4.69) is 0 Å². The number of hydrogen-bond acceptors (Lipinski definition) is 1. The van der Waals surface area contributed by atoms with E-state index in [1.807, 2.05) is 0 Å². The van der Waals surface area contributed by atoms with Crippen LogP contribution in [0.1, 0.15) is 21.5 Å². The average Bonchev–Trinajstić information content (AvgIpc) is 2.32. The number of Topliss-reactive ketones (excluding diaryl/α,β-unsaturated/α-hetero) is 1. The summed E-state index contributed by atoms with van der Waals surface area (Å²) in [6.07, 6.45) is 0.0109. The molecule has 4 heteroatoms. The summed E-state index contributed by atoms with van der Waals surface area (Å²) in [5.41, 5.74) is 1.47. The Kier molecular flexibility index (Phi) is 3.96. The Morgan fingerprint density at radius 1 is 1.16 bits per heavy atom. The molecule has 0 bridgehead atoms. The van der Waals surface area contributed by atoms with Crippen LogP contribution in [0.15, 0.2) is 36.4 Å². The summed E-state index contributed by atoms with van der Waals surface area (Å²) in [5, 5.41) is 0.0119. The van der Waals surface area contributed by atoms with Crippen LogP contribution in [0.5, 0.6) is 0 Å². The lowest BCUT2D eigenvalue weighted by atomic mass is 10.0. The number of benzene rings is 2. The SMILES string of the molecule is Cc1cc(F)cc(C(=O)Cc2ccc(Cl)c(F)c2)c1. The summed E-state index contributed by atoms with van der Waals surface area (Å²) < 4.78 is 26.5. The van der Waals surface area contributed by atoms with Crippen molar-refractivity contribution in [1.82, 2.24) is 0 Å². The zero-order valence-electron chi connectivity index (χ0n) is 10.2. The Morgan fingerprint density at radius 3 is 2.53 bits per heavy atom. The molecule has 19 heavy (non-hydrogen) atoms. The van der Waals surface area contributed by atoms with Gasteiger partial charge in [-0.1, -0.05) is 17.7 Å². The highest BCUT2D eigenvalue weighted by Crippen LogP contribution is 2.17. The van der Waals surface area contributed by atoms with Crippen LogP contribution < -0.4 is 0 Å². The number of rotatable bonds is 3. The molecule has 0 atom stereocenters. The quantitative estimate of drug-likeness (QED) is 0.764. The third kappa shape index (κ3) is 3.38. The van der Waals surface area contributed by atoms with Gasteiger partial charge in [0.2, 0.25) is 0 Å². The van der Waals surface area contributed by atoms with Gasteiger partial charge >= 0.3 is 0 Å². The van der Waals surface area contributed by atoms with E-state index in [4.69, 9.17) is 11.6 Å². The standard InChI is InChI=1S/C15H11ClF2O/c1-9-4-11(8-12(17)5-9)15(19)7-10-2-3-13(16)14(18)6-10/h2-6,8H,7H2,1H3. The van der Waals surface area contributed by atoms with Gasteiger partial charge in [0.1, 0.15) is 11.6 Å². The first kappa shape index (κ1) is 13.7. The number of halogens is 3. The normalized spacial score (nSPS) is 10.5. The van der Waals surface area contributed by atoms with Crippen LogP contribution in [0.2, 0.25) is 5.02 Å². The first-order chi connectivity index (χ1) is 8.95. The molecule has 98 valence electrons. The Balaban J connectivity index is 2.22. The lowest BCUT2D eigenvalue weighted by Crippen LogP contribution is -2.05. The van der Waals surface area contributed by atoms with Gasteiger partial charge in [0.05, 0.1) is 5.02 Å². The third-order valence-corrected chi connectivity index (χ3v) is 3.02. The summed E-state index contributed by atoms with van der Waals surface area (Å²) >= 11 is 5.57. The van der Waals surface area contributed by atoms with Gasteiger partial charge < -0.3 is 0 Å². The van der Waals surface area contributed by atoms with Crippen molar-refractivity contribution >= 4 is 17.4 Å². The highest BCUT2D eigenvalue weighted by Gasteiger charge is 2.10. The van der Waals surface area contributed by atoms with Crippen LogP contribution in [0.25, 0.3) is 0 Å². The second-order valence-electron chi connectivity index (χ2n) is 4.37. The summed E-state index contributed by atoms with van der Waals surface area (Å²) in [7, 11) is 0. The number of hydrogen-bond donors (Lipinski definition) is 0. The zero-order chi connectivity index (χ0) is 14.0. The van der Waals surface area contributed by atoms with E-state index in [0.717, 1.165) is 0 Å². The van der Waals surface area contributed by atoms with Crippen molar-refractivity contribution in [3.05, 3.63) is 69.7 Å². The molecule has 0 aliphatic heterocycles. The molecule has 0 spiro atoms. The molecule has 1 nitrogen and oxygen atoms in total. The average molecular weight is 281 g/mol. The minimum atomic E-state index is -0.567. The van der Waals surface area contributed by atoms with E-state index in [9.17, 15) is 13.6 Å². The third-order valence-electron chi connectivity index (χ3n) is 2.71. The fraction of sp³-hybridized carbons (Fsp3) is 0.133. The molecule has 0 unspecified atom stereocenters. The van der Waals surface area contributed by atoms with Crippen molar-refractivity contribution in [2.45, 2.75) is 13.3 Å². The summed E-state index contributed by atoms with van der Waals surface area (Å²) in [6, 6.07) is 8.33. The maximum Gasteiger partial charge on any atom is 0.167 e. The number of ketones is 1. The van der Waals surface area contributed by atoms with Crippen molar-refractivity contribution in [2.75, 3.05) is 0 Å². The van der Waals surface area contributed by atoms with E-state index >= 15 is 0 Å². The molecule has 0 aliphatic carbocycles. The monoisotopic (exact) mass is 280 g/mol. The number of aryl methyl sites for hydroxylation is 1. The fourth-order valence-electron chi connectivity index (χ4n) is 1.83. The molecular formula is C15H11ClF2O. The second-order valence-corrected chi connectivity index (χ2v) is 4.77. The Morgan fingerprint density at radius 2 is 1.89 bits per heavy atom. The molecule has 2 aromatic rings. The Hall–Kier alpha value is -1.74. The minimum absolute atomic E-state index is 0.0109. The van der Waals surface area contributed by atoms with Crippen LogP contribution in [0.4, 0.5) is 8.78 Å². The molecule has 0 N–H and O–H groups in total. The van der Waals surface area contributed by atoms with Crippen molar-refractivity contribution < 1.29 is 13.6 Å². The molecule has 0 saturated carbocycles. The van der Waals surface area contributed by atoms with Crippen LogP contribution in [0, 0.1) is 18.6 Å². The molecule has 0 aromatic heterocycles. The minimum Gasteiger partial charge on any atom is -0.294 e. The summed E-state index contributed by atoms with van der Waals surface area (Å²) in [6.45, 7) is 1.71. The van der Waals surface area contributed by atoms with E-state index in [-0.39, 0.29) is 22.8 Å². The van der Waals surface area contributed by atoms with E-state index in [1.165, 1.54) is 24.3 Å². The Bertz CT molecular complexity index is 618. The maximum atomic E-state index is 13.3. The summed E-state index contributed by atoms with van der Waals surface area (Å²) in [5.74, 6) is -1.28. The fourth-order valence-corrected chi connectivity index (χ4v) is 1.95. The molecule has 0 aliphatic rings. The largest absolute Gasteiger partial charge is 0.294 e. The van der Waals surface area contributed by atoms with Crippen molar-refractivity contribution in [1.29, 1.82) is 0 Å². The van der Waals surface area contributed by atoms with Crippen molar-refractivity contribution in [2.24, 2.45) is 0 Å². The molecule has 0 radical (unpaired) electrons. The van der Waals surface area contributed by atoms with Crippen molar-refractivity contribution in [3.8, 4) is 0 Å². The van der Waals surface area contributed by atoms with Gasteiger partial charge in [0.25, 0.3) is 0 Å². The van der Waals surface area contributed by atoms with Gasteiger partial charge in [-0.2, -0.15) is 0 Å². The van der Waals surface area contributed by atoms with E-state index in [0.29, 0.717) is 11.1 Å². The molecule has 0 amide bonds. The highest BCUT2D eigenvalue weighted by molar-refractivity contribution is 6.30. The van der Waals surface area contributed by atoms with Gasteiger partial charge in [-0.05, 0) is 48.4 Å². The first-order valence-electron chi connectivity index (χ1n) is 5.70. The van der Waals surface area contributed by atoms with Gasteiger partial charge in [0.15, 0.2) is 5.78 Å². The second kappa shape index (κ2) is 5.49. The molecule has 2 aromatic carbocycles. The molecular weight excluding hydrogens is 270 g/mol. The predicted octanol–water partition coefficient (Wildman–Crippen LogP) is 4.35. The number of carbonyl (C=O) groups excluding carboxylic acids is 1. The van der Waals surface area contributed by atoms with Gasteiger partial charge in [-0.15, -0.1) is 0 Å². The maximum absolute atomic E-state index is 13.3. The van der Waals surface area contributed by atoms with Crippen LogP contribution >= 0.6 is 11.6 Å². The molecule has 0 heterocycles. The lowest BCUT2D eigenvalue weighted by Gasteiger charge is -2.04. The summed E-state index contributed by atoms with van der Waals surface area (Å²) in [4.78, 5) is 12.0. The lowest BCUT2D eigenvalue weighted by molar-refractivity contribution is 0.0992. The van der Waals surface area contributed by atoms with Gasteiger partial charge in [-0.3, -0.25) is 4.79 Å². The highest BCUT2D eigenvalue weighted by atomic mass is 35.5. The van der Waals surface area contributed by atoms with Gasteiger partial charge in [0, 0.05) is 12.0 Å². The topological polar surface area (TPSA) is 17.1 Å².